The molecule has 0 saturated carbocycles. The first kappa shape index (κ1) is 15.9. The molecular weight excluding hydrogens is 263 g/mol. The van der Waals surface area contributed by atoms with E-state index in [0.29, 0.717) is 12.2 Å². The van der Waals surface area contributed by atoms with Crippen LogP contribution in [0.25, 0.3) is 0 Å². The average Bonchev–Trinajstić information content (AvgIpc) is 2.37. The predicted molar refractivity (Wildman–Crippen MR) is 74.3 cm³/mol. The smallest absolute Gasteiger partial charge is 0.324 e. The highest BCUT2D eigenvalue weighted by atomic mass is 19.1. The van der Waals surface area contributed by atoms with Gasteiger partial charge in [0.1, 0.15) is 5.82 Å². The molecule has 0 spiro atoms. The van der Waals surface area contributed by atoms with Gasteiger partial charge in [0.25, 0.3) is 0 Å². The van der Waals surface area contributed by atoms with Crippen molar-refractivity contribution < 1.29 is 19.1 Å². The first-order chi connectivity index (χ1) is 9.36. The molecule has 0 bridgehead atoms. The minimum absolute atomic E-state index is 0.128. The van der Waals surface area contributed by atoms with Crippen LogP contribution in [0.1, 0.15) is 20.3 Å². The van der Waals surface area contributed by atoms with Crippen LogP contribution in [0, 0.1) is 5.82 Å². The van der Waals surface area contributed by atoms with Crippen molar-refractivity contribution in [1.82, 2.24) is 4.90 Å². The van der Waals surface area contributed by atoms with Crippen LogP contribution in [-0.2, 0) is 4.79 Å². The zero-order chi connectivity index (χ0) is 15.3. The lowest BCUT2D eigenvalue weighted by atomic mass is 10.2. The quantitative estimate of drug-likeness (QED) is 0.903. The Bertz CT molecular complexity index is 493. The van der Waals surface area contributed by atoms with Crippen molar-refractivity contribution in [3.8, 4) is 0 Å². The summed E-state index contributed by atoms with van der Waals surface area (Å²) in [4.78, 5) is 25.8. The summed E-state index contributed by atoms with van der Waals surface area (Å²) in [5, 5.41) is 8.80. The summed E-state index contributed by atoms with van der Waals surface area (Å²) in [6.45, 7) is 3.83. The molecule has 1 unspecified atom stereocenters. The lowest BCUT2D eigenvalue weighted by molar-refractivity contribution is -0.138. The van der Waals surface area contributed by atoms with Crippen LogP contribution in [0.4, 0.5) is 14.9 Å². The summed E-state index contributed by atoms with van der Waals surface area (Å²) in [5.41, 5.74) is 0.427. The van der Waals surface area contributed by atoms with Crippen LogP contribution in [0.2, 0.25) is 0 Å². The summed E-state index contributed by atoms with van der Waals surface area (Å²) < 4.78 is 13.2. The molecule has 1 aromatic carbocycles. The second kappa shape index (κ2) is 6.88. The first-order valence-electron chi connectivity index (χ1n) is 6.38. The minimum atomic E-state index is -0.961. The summed E-state index contributed by atoms with van der Waals surface area (Å²) >= 11 is 0. The van der Waals surface area contributed by atoms with E-state index in [1.807, 2.05) is 0 Å². The van der Waals surface area contributed by atoms with Crippen LogP contribution < -0.4 is 4.90 Å². The van der Waals surface area contributed by atoms with Crippen LogP contribution in [-0.4, -0.2) is 41.6 Å². The number of nitrogens with zero attached hydrogens (tertiary/aromatic N) is 2. The topological polar surface area (TPSA) is 60.9 Å². The third kappa shape index (κ3) is 3.94. The van der Waals surface area contributed by atoms with E-state index in [9.17, 15) is 14.0 Å². The van der Waals surface area contributed by atoms with Gasteiger partial charge in [0.2, 0.25) is 0 Å². The van der Waals surface area contributed by atoms with Crippen molar-refractivity contribution in [2.45, 2.75) is 26.3 Å². The first-order valence-corrected chi connectivity index (χ1v) is 6.38. The number of carboxylic acid groups (broad SMARTS) is 1. The fraction of sp³-hybridized carbons (Fsp3) is 0.429. The van der Waals surface area contributed by atoms with E-state index < -0.39 is 17.8 Å². The maximum Gasteiger partial charge on any atom is 0.324 e. The van der Waals surface area contributed by atoms with Gasteiger partial charge in [0.15, 0.2) is 0 Å². The Morgan fingerprint density at radius 3 is 2.55 bits per heavy atom. The van der Waals surface area contributed by atoms with Crippen molar-refractivity contribution in [2.75, 3.05) is 18.5 Å². The zero-order valence-electron chi connectivity index (χ0n) is 11.8. The number of benzene rings is 1. The van der Waals surface area contributed by atoms with Gasteiger partial charge in [-0.1, -0.05) is 6.07 Å². The fourth-order valence-corrected chi connectivity index (χ4v) is 1.99. The number of hydrogen-bond donors (Lipinski definition) is 1. The number of aliphatic carboxylic acids is 1. The molecule has 2 amide bonds. The van der Waals surface area contributed by atoms with E-state index in [-0.39, 0.29) is 12.5 Å². The van der Waals surface area contributed by atoms with E-state index in [0.717, 1.165) is 0 Å². The van der Waals surface area contributed by atoms with E-state index in [1.165, 1.54) is 35.0 Å². The minimum Gasteiger partial charge on any atom is -0.481 e. The summed E-state index contributed by atoms with van der Waals surface area (Å²) in [7, 11) is 1.53. The number of carbonyl (C=O) groups excluding carboxylic acids is 1. The Hall–Kier alpha value is -2.11. The number of anilines is 1. The van der Waals surface area contributed by atoms with Crippen molar-refractivity contribution in [2.24, 2.45) is 0 Å². The van der Waals surface area contributed by atoms with Crippen molar-refractivity contribution >= 4 is 17.7 Å². The van der Waals surface area contributed by atoms with Gasteiger partial charge in [0, 0.05) is 25.3 Å². The standard InChI is InChI=1S/C14H19FN2O3/c1-4-17(10(2)8-13(18)19)14(20)16(3)12-7-5-6-11(15)9-12/h5-7,9-10H,4,8H2,1-3H3,(H,18,19). The van der Waals surface area contributed by atoms with Gasteiger partial charge < -0.3 is 10.0 Å². The van der Waals surface area contributed by atoms with Gasteiger partial charge in [-0.3, -0.25) is 9.69 Å². The maximum atomic E-state index is 13.2. The third-order valence-electron chi connectivity index (χ3n) is 3.07. The Morgan fingerprint density at radius 2 is 2.05 bits per heavy atom. The molecule has 110 valence electrons. The summed E-state index contributed by atoms with van der Waals surface area (Å²) in [6.07, 6.45) is -0.128. The molecule has 0 aliphatic carbocycles. The number of halogens is 1. The molecule has 0 heterocycles. The highest BCUT2D eigenvalue weighted by molar-refractivity contribution is 5.91. The number of amides is 2. The van der Waals surface area contributed by atoms with Crippen LogP contribution in [0.5, 0.6) is 0 Å². The molecule has 1 aromatic rings. The van der Waals surface area contributed by atoms with Crippen molar-refractivity contribution in [1.29, 1.82) is 0 Å². The van der Waals surface area contributed by atoms with Crippen LogP contribution in [0.3, 0.4) is 0 Å². The number of carboxylic acids is 1. The SMILES string of the molecule is CCN(C(=O)N(C)c1cccc(F)c1)C(C)CC(=O)O. The van der Waals surface area contributed by atoms with Gasteiger partial charge in [-0.15, -0.1) is 0 Å². The van der Waals surface area contributed by atoms with E-state index in [4.69, 9.17) is 5.11 Å². The normalized spacial score (nSPS) is 11.8. The van der Waals surface area contributed by atoms with E-state index in [2.05, 4.69) is 0 Å². The lowest BCUT2D eigenvalue weighted by Crippen LogP contribution is -2.46. The number of hydrogen-bond acceptors (Lipinski definition) is 2. The van der Waals surface area contributed by atoms with Crippen LogP contribution in [0.15, 0.2) is 24.3 Å². The molecule has 0 aliphatic heterocycles. The van der Waals surface area contributed by atoms with Crippen molar-refractivity contribution in [3.63, 3.8) is 0 Å². The molecule has 1 atom stereocenters. The average molecular weight is 282 g/mol. The second-order valence-corrected chi connectivity index (χ2v) is 4.55. The summed E-state index contributed by atoms with van der Waals surface area (Å²) in [6, 6.07) is 4.91. The van der Waals surface area contributed by atoms with E-state index in [1.54, 1.807) is 19.9 Å². The monoisotopic (exact) mass is 282 g/mol. The Kier molecular flexibility index (Phi) is 5.49. The highest BCUT2D eigenvalue weighted by Gasteiger charge is 2.24. The van der Waals surface area contributed by atoms with Gasteiger partial charge in [-0.2, -0.15) is 0 Å². The number of carbonyl (C=O) groups is 2. The molecule has 0 fully saturated rings. The molecule has 20 heavy (non-hydrogen) atoms. The van der Waals surface area contributed by atoms with Crippen molar-refractivity contribution in [3.05, 3.63) is 30.1 Å². The molecule has 0 aliphatic rings. The Labute approximate surface area is 117 Å². The van der Waals surface area contributed by atoms with Crippen LogP contribution >= 0.6 is 0 Å². The molecular formula is C14H19FN2O3. The molecule has 0 aromatic heterocycles. The summed E-state index contributed by atoms with van der Waals surface area (Å²) in [5.74, 6) is -1.39. The Morgan fingerprint density at radius 1 is 1.40 bits per heavy atom. The predicted octanol–water partition coefficient (Wildman–Crippen LogP) is 2.57. The molecule has 5 nitrogen and oxygen atoms in total. The van der Waals surface area contributed by atoms with Gasteiger partial charge in [-0.05, 0) is 32.0 Å². The van der Waals surface area contributed by atoms with Gasteiger partial charge in [-0.25, -0.2) is 9.18 Å². The molecule has 1 rings (SSSR count). The molecule has 0 radical (unpaired) electrons. The number of rotatable bonds is 5. The van der Waals surface area contributed by atoms with Gasteiger partial charge in [0.05, 0.1) is 6.42 Å². The third-order valence-corrected chi connectivity index (χ3v) is 3.07. The molecule has 0 saturated heterocycles. The maximum absolute atomic E-state index is 13.2. The highest BCUT2D eigenvalue weighted by Crippen LogP contribution is 2.17. The zero-order valence-corrected chi connectivity index (χ0v) is 11.8. The number of urea groups is 1. The lowest BCUT2D eigenvalue weighted by Gasteiger charge is -2.31. The Balaban J connectivity index is 2.87. The van der Waals surface area contributed by atoms with E-state index >= 15 is 0 Å². The second-order valence-electron chi connectivity index (χ2n) is 4.55. The molecule has 1 N–H and O–H groups in total. The largest absolute Gasteiger partial charge is 0.481 e. The fourth-order valence-electron chi connectivity index (χ4n) is 1.99. The molecule has 6 heteroatoms. The van der Waals surface area contributed by atoms with Gasteiger partial charge >= 0.3 is 12.0 Å².